The average Bonchev–Trinajstić information content (AvgIpc) is 2.80. The van der Waals surface area contributed by atoms with Crippen LogP contribution >= 0.6 is 0 Å². The zero-order valence-corrected chi connectivity index (χ0v) is 36.2. The molecule has 4 heterocycles. The molecule has 289 valence electrons. The van der Waals surface area contributed by atoms with E-state index in [0.29, 0.717) is 23.0 Å². The molecule has 0 atom stereocenters. The lowest BCUT2D eigenvalue weighted by molar-refractivity contribution is 0.0230. The summed E-state index contributed by atoms with van der Waals surface area (Å²) in [5.41, 5.74) is -0.692. The minimum absolute atomic E-state index is 0.00652. The van der Waals surface area contributed by atoms with Crippen molar-refractivity contribution in [2.45, 2.75) is 231 Å². The second-order valence-electron chi connectivity index (χ2n) is 22.1. The summed E-state index contributed by atoms with van der Waals surface area (Å²) < 4.78 is 28.9. The summed E-state index contributed by atoms with van der Waals surface area (Å²) in [6.07, 6.45) is 6.81. The topological polar surface area (TPSA) is 85.0 Å². The van der Waals surface area contributed by atoms with Crippen molar-refractivity contribution in [1.29, 1.82) is 0 Å². The molecule has 0 unspecified atom stereocenters. The number of piperidine rings is 4. The zero-order valence-electron chi connectivity index (χ0n) is 35.2. The van der Waals surface area contributed by atoms with Crippen LogP contribution in [0.15, 0.2) is 6.07 Å². The van der Waals surface area contributed by atoms with Gasteiger partial charge in [-0.25, -0.2) is 0 Å². The molecule has 4 fully saturated rings. The van der Waals surface area contributed by atoms with Crippen LogP contribution in [0.5, 0.6) is 23.0 Å². The molecule has 9 heteroatoms. The first-order valence-electron chi connectivity index (χ1n) is 19.7. The Morgan fingerprint density at radius 1 is 0.392 bits per heavy atom. The number of benzene rings is 1. The molecule has 5 rings (SSSR count). The van der Waals surface area contributed by atoms with Crippen LogP contribution in [0, 0.1) is 0 Å². The fourth-order valence-corrected chi connectivity index (χ4v) is 11.3. The minimum atomic E-state index is -0.0994. The Morgan fingerprint density at radius 2 is 0.627 bits per heavy atom. The standard InChI is InChI=1S/C42H73N4O4Si/c1-35(2)18-26(19-36(3,4)43-35)47-30-17-31(51)33(49-28-22-39(9,10)45-40(11,12)23-28)34(50-29-24-41(13,14)46-42(15,16)25-29)32(30)48-27-20-37(5,6)44-38(7,8)21-27/h17,26-29,43-46H,18-25H2,1-16H3. The van der Waals surface area contributed by atoms with Crippen molar-refractivity contribution >= 4 is 15.4 Å². The highest BCUT2D eigenvalue weighted by Crippen LogP contribution is 2.49. The molecular weight excluding hydrogens is 653 g/mol. The number of nitrogens with one attached hydrogen (secondary N) is 4. The van der Waals surface area contributed by atoms with Crippen molar-refractivity contribution in [3.8, 4) is 23.0 Å². The van der Waals surface area contributed by atoms with E-state index in [1.165, 1.54) is 0 Å². The van der Waals surface area contributed by atoms with Gasteiger partial charge in [0.15, 0.2) is 11.5 Å². The number of ether oxygens (including phenoxy) is 4. The molecule has 0 aromatic heterocycles. The van der Waals surface area contributed by atoms with E-state index in [4.69, 9.17) is 18.9 Å². The fourth-order valence-electron chi connectivity index (χ4n) is 11.0. The first kappa shape index (κ1) is 40.7. The monoisotopic (exact) mass is 726 g/mol. The molecule has 0 spiro atoms. The smallest absolute Gasteiger partial charge is 0.207 e. The Kier molecular flexibility index (Phi) is 10.6. The maximum absolute atomic E-state index is 7.33. The first-order chi connectivity index (χ1) is 22.9. The molecule has 4 aliphatic heterocycles. The lowest BCUT2D eigenvalue weighted by Gasteiger charge is -2.48. The fraction of sp³-hybridized carbons (Fsp3) is 0.857. The van der Waals surface area contributed by atoms with Gasteiger partial charge in [0.25, 0.3) is 0 Å². The quantitative estimate of drug-likeness (QED) is 0.209. The van der Waals surface area contributed by atoms with E-state index in [2.05, 4.69) is 148 Å². The van der Waals surface area contributed by atoms with Crippen LogP contribution in [0.25, 0.3) is 0 Å². The van der Waals surface area contributed by atoms with Gasteiger partial charge in [0.05, 0.1) is 10.2 Å². The zero-order chi connectivity index (χ0) is 38.2. The maximum atomic E-state index is 7.33. The van der Waals surface area contributed by atoms with Crippen LogP contribution in [-0.4, -0.2) is 79.0 Å². The van der Waals surface area contributed by atoms with E-state index in [1.54, 1.807) is 0 Å². The molecular formula is C42H73N4O4Si. The summed E-state index contributed by atoms with van der Waals surface area (Å²) in [4.78, 5) is 0. The number of hydrogen-bond acceptors (Lipinski definition) is 8. The molecule has 51 heavy (non-hydrogen) atoms. The molecule has 4 aliphatic rings. The third-order valence-electron chi connectivity index (χ3n) is 10.9. The first-order valence-corrected chi connectivity index (χ1v) is 20.2. The lowest BCUT2D eigenvalue weighted by Crippen LogP contribution is -2.60. The molecule has 4 N–H and O–H groups in total. The largest absolute Gasteiger partial charge is 0.486 e. The molecule has 0 bridgehead atoms. The highest BCUT2D eigenvalue weighted by atomic mass is 28.1. The van der Waals surface area contributed by atoms with Crippen LogP contribution in [0.3, 0.4) is 0 Å². The molecule has 1 aromatic rings. The van der Waals surface area contributed by atoms with E-state index in [0.717, 1.165) is 56.6 Å². The Balaban J connectivity index is 1.65. The van der Waals surface area contributed by atoms with Crippen LogP contribution in [0.2, 0.25) is 0 Å². The van der Waals surface area contributed by atoms with Crippen molar-refractivity contribution in [1.82, 2.24) is 21.3 Å². The van der Waals surface area contributed by atoms with Gasteiger partial charge in [-0.2, -0.15) is 0 Å². The Bertz CT molecular complexity index is 1370. The van der Waals surface area contributed by atoms with Gasteiger partial charge in [-0.05, 0) is 122 Å². The lowest BCUT2D eigenvalue weighted by atomic mass is 9.80. The summed E-state index contributed by atoms with van der Waals surface area (Å²) in [7, 11) is 4.07. The Labute approximate surface area is 314 Å². The number of hydrogen-bond donors (Lipinski definition) is 4. The SMILES string of the molecule is CC1(C)CC(Oc2cc([Si])c(OC3CC(C)(C)NC(C)(C)C3)c(OC3CC(C)(C)NC(C)(C)C3)c2OC2CC(C)(C)NC(C)(C)C2)CC(C)(C)N1. The minimum Gasteiger partial charge on any atom is -0.486 e. The molecule has 1 aromatic carbocycles. The normalized spacial score (nSPS) is 28.5. The predicted molar refractivity (Wildman–Crippen MR) is 212 cm³/mol. The summed E-state index contributed by atoms with van der Waals surface area (Å²) in [5, 5.41) is 16.2. The average molecular weight is 726 g/mol. The van der Waals surface area contributed by atoms with E-state index < -0.39 is 0 Å². The van der Waals surface area contributed by atoms with Crippen molar-refractivity contribution in [3.05, 3.63) is 6.07 Å². The van der Waals surface area contributed by atoms with Crippen molar-refractivity contribution in [2.24, 2.45) is 0 Å². The summed E-state index contributed by atoms with van der Waals surface area (Å²) in [5.74, 6) is 2.75. The van der Waals surface area contributed by atoms with Gasteiger partial charge in [-0.3, -0.25) is 0 Å². The van der Waals surface area contributed by atoms with Gasteiger partial charge in [0, 0.05) is 95.7 Å². The van der Waals surface area contributed by atoms with Gasteiger partial charge in [-0.15, -0.1) is 0 Å². The number of rotatable bonds is 8. The summed E-state index contributed by atoms with van der Waals surface area (Å²) in [6.45, 7) is 36.3. The third-order valence-corrected chi connectivity index (χ3v) is 11.3. The highest BCUT2D eigenvalue weighted by Gasteiger charge is 2.45. The van der Waals surface area contributed by atoms with Crippen molar-refractivity contribution in [3.63, 3.8) is 0 Å². The van der Waals surface area contributed by atoms with Gasteiger partial charge >= 0.3 is 0 Å². The van der Waals surface area contributed by atoms with E-state index in [-0.39, 0.29) is 68.7 Å². The van der Waals surface area contributed by atoms with E-state index in [9.17, 15) is 0 Å². The van der Waals surface area contributed by atoms with Gasteiger partial charge in [0.2, 0.25) is 11.5 Å². The molecule has 3 radical (unpaired) electrons. The second-order valence-corrected chi connectivity index (χ2v) is 22.6. The predicted octanol–water partition coefficient (Wildman–Crippen LogP) is 7.23. The van der Waals surface area contributed by atoms with Crippen molar-refractivity contribution < 1.29 is 18.9 Å². The van der Waals surface area contributed by atoms with Gasteiger partial charge < -0.3 is 40.2 Å². The van der Waals surface area contributed by atoms with Crippen LogP contribution < -0.4 is 45.4 Å². The molecule has 8 nitrogen and oxygen atoms in total. The Hall–Kier alpha value is -1.52. The van der Waals surface area contributed by atoms with Crippen LogP contribution in [0.1, 0.15) is 162 Å². The molecule has 4 saturated heterocycles. The van der Waals surface area contributed by atoms with Crippen LogP contribution in [-0.2, 0) is 0 Å². The van der Waals surface area contributed by atoms with Gasteiger partial charge in [-0.1, -0.05) is 0 Å². The van der Waals surface area contributed by atoms with Crippen LogP contribution in [0.4, 0.5) is 0 Å². The third kappa shape index (κ3) is 10.8. The van der Waals surface area contributed by atoms with E-state index in [1.807, 2.05) is 0 Å². The van der Waals surface area contributed by atoms with Gasteiger partial charge in [0.1, 0.15) is 24.4 Å². The summed E-state index contributed by atoms with van der Waals surface area (Å²) >= 11 is 0. The Morgan fingerprint density at radius 3 is 0.922 bits per heavy atom. The molecule has 0 saturated carbocycles. The molecule has 0 amide bonds. The molecule has 0 aliphatic carbocycles. The summed E-state index contributed by atoms with van der Waals surface area (Å²) in [6, 6.07) is 2.08. The maximum Gasteiger partial charge on any atom is 0.207 e. The van der Waals surface area contributed by atoms with Crippen molar-refractivity contribution in [2.75, 3.05) is 0 Å². The highest BCUT2D eigenvalue weighted by molar-refractivity contribution is 6.35. The van der Waals surface area contributed by atoms with E-state index >= 15 is 0 Å². The second kappa shape index (κ2) is 13.3.